The molecule has 38 heavy (non-hydrogen) atoms. The van der Waals surface area contributed by atoms with Gasteiger partial charge in [-0.3, -0.25) is 19.3 Å². The lowest BCUT2D eigenvalue weighted by molar-refractivity contribution is -0.173. The smallest absolute Gasteiger partial charge is 0.408 e. The molecule has 1 aliphatic carbocycles. The second-order valence-corrected chi connectivity index (χ2v) is 9.33. The van der Waals surface area contributed by atoms with Crippen LogP contribution >= 0.6 is 0 Å². The Morgan fingerprint density at radius 1 is 0.947 bits per heavy atom. The number of alkyl halides is 3. The van der Waals surface area contributed by atoms with Crippen LogP contribution in [0.4, 0.5) is 13.2 Å². The largest absolute Gasteiger partial charge is 0.502 e. The predicted molar refractivity (Wildman–Crippen MR) is 132 cm³/mol. The van der Waals surface area contributed by atoms with E-state index in [2.05, 4.69) is 0 Å². The summed E-state index contributed by atoms with van der Waals surface area (Å²) < 4.78 is 53.7. The number of aromatic hydroxyl groups is 1. The molecule has 2 aromatic carbocycles. The van der Waals surface area contributed by atoms with Crippen LogP contribution in [0.2, 0.25) is 0 Å². The van der Waals surface area contributed by atoms with Crippen molar-refractivity contribution in [1.82, 2.24) is 9.58 Å². The zero-order valence-electron chi connectivity index (χ0n) is 21.0. The highest BCUT2D eigenvalue weighted by Crippen LogP contribution is 2.41. The van der Waals surface area contributed by atoms with Crippen LogP contribution in [0.25, 0.3) is 0 Å². The maximum absolute atomic E-state index is 13.9. The van der Waals surface area contributed by atoms with Gasteiger partial charge in [0.05, 0.1) is 20.3 Å². The van der Waals surface area contributed by atoms with Gasteiger partial charge in [-0.05, 0) is 66.3 Å². The van der Waals surface area contributed by atoms with Gasteiger partial charge in [0.2, 0.25) is 5.43 Å². The molecule has 5 rings (SSSR count). The summed E-state index contributed by atoms with van der Waals surface area (Å²) in [5.74, 6) is -0.720. The number of hydrogen-bond donors (Lipinski definition) is 1. The predicted octanol–water partition coefficient (Wildman–Crippen LogP) is 3.76. The SMILES string of the molecule is COc1ccc2c(c1)CCc1cc(OC)ccc1C2N1CN([C@H](C)C(F)(F)F)C(=O)c2c(O)c(=O)ccn21. The van der Waals surface area contributed by atoms with Crippen molar-refractivity contribution in [2.75, 3.05) is 25.9 Å². The number of fused-ring (bicyclic) bond motifs is 3. The Labute approximate surface area is 216 Å². The van der Waals surface area contributed by atoms with E-state index in [-0.39, 0.29) is 0 Å². The van der Waals surface area contributed by atoms with Crippen LogP contribution < -0.4 is 19.9 Å². The Hall–Kier alpha value is -4.15. The summed E-state index contributed by atoms with van der Waals surface area (Å²) in [5.41, 5.74) is 2.06. The Kier molecular flexibility index (Phi) is 6.24. The van der Waals surface area contributed by atoms with Crippen molar-refractivity contribution in [3.05, 3.63) is 86.8 Å². The first kappa shape index (κ1) is 25.5. The number of aromatic nitrogens is 1. The van der Waals surface area contributed by atoms with Crippen LogP contribution in [0.1, 0.15) is 45.7 Å². The molecule has 1 N–H and O–H groups in total. The first-order chi connectivity index (χ1) is 18.0. The molecule has 0 saturated carbocycles. The highest BCUT2D eigenvalue weighted by atomic mass is 19.4. The van der Waals surface area contributed by atoms with E-state index < -0.39 is 47.7 Å². The molecule has 0 bridgehead atoms. The molecule has 1 atom stereocenters. The molecule has 0 unspecified atom stereocenters. The second-order valence-electron chi connectivity index (χ2n) is 9.33. The van der Waals surface area contributed by atoms with Crippen molar-refractivity contribution < 1.29 is 32.5 Å². The van der Waals surface area contributed by atoms with Crippen molar-refractivity contribution >= 4 is 5.91 Å². The van der Waals surface area contributed by atoms with Crippen LogP contribution in [0.3, 0.4) is 0 Å². The quantitative estimate of drug-likeness (QED) is 0.554. The van der Waals surface area contributed by atoms with Crippen molar-refractivity contribution in [2.45, 2.75) is 38.0 Å². The van der Waals surface area contributed by atoms with Gasteiger partial charge in [-0.2, -0.15) is 13.2 Å². The molecule has 200 valence electrons. The fourth-order valence-electron chi connectivity index (χ4n) is 5.18. The van der Waals surface area contributed by atoms with E-state index >= 15 is 0 Å². The number of amides is 1. The molecule has 0 spiro atoms. The van der Waals surface area contributed by atoms with Crippen LogP contribution in [0.5, 0.6) is 17.2 Å². The highest BCUT2D eigenvalue weighted by molar-refractivity contribution is 5.96. The average molecular weight is 530 g/mol. The molecule has 0 fully saturated rings. The van der Waals surface area contributed by atoms with Gasteiger partial charge in [0.25, 0.3) is 5.91 Å². The van der Waals surface area contributed by atoms with E-state index in [1.165, 1.54) is 10.9 Å². The number of rotatable bonds is 4. The lowest BCUT2D eigenvalue weighted by atomic mass is 9.93. The van der Waals surface area contributed by atoms with Crippen LogP contribution in [-0.2, 0) is 12.8 Å². The number of halogens is 3. The van der Waals surface area contributed by atoms with Crippen LogP contribution in [0, 0.1) is 0 Å². The zero-order chi connectivity index (χ0) is 27.4. The molecule has 8 nitrogen and oxygen atoms in total. The lowest BCUT2D eigenvalue weighted by Gasteiger charge is -2.46. The van der Waals surface area contributed by atoms with E-state index in [9.17, 15) is 27.9 Å². The number of benzene rings is 2. The molecular weight excluding hydrogens is 503 g/mol. The topological polar surface area (TPSA) is 84.2 Å². The minimum atomic E-state index is -4.73. The van der Waals surface area contributed by atoms with Gasteiger partial charge < -0.3 is 19.5 Å². The van der Waals surface area contributed by atoms with E-state index in [0.717, 1.165) is 35.2 Å². The molecule has 0 radical (unpaired) electrons. The molecule has 2 heterocycles. The van der Waals surface area contributed by atoms with Gasteiger partial charge in [-0.15, -0.1) is 0 Å². The minimum Gasteiger partial charge on any atom is -0.502 e. The lowest BCUT2D eigenvalue weighted by Crippen LogP contribution is -2.60. The van der Waals surface area contributed by atoms with Gasteiger partial charge in [-0.1, -0.05) is 12.1 Å². The third-order valence-electron chi connectivity index (χ3n) is 7.28. The number of hydrogen-bond acceptors (Lipinski definition) is 6. The van der Waals surface area contributed by atoms with E-state index in [1.807, 2.05) is 24.3 Å². The number of methoxy groups -OCH3 is 2. The monoisotopic (exact) mass is 529 g/mol. The van der Waals surface area contributed by atoms with E-state index in [1.54, 1.807) is 31.4 Å². The third kappa shape index (κ3) is 4.11. The standard InChI is InChI=1S/C27H26F3N3O5/c1-15(27(28,29)30)31-14-33(32-11-10-22(34)25(35)24(32)26(31)36)23-20-8-6-18(37-2)12-16(20)4-5-17-13-19(38-3)7-9-21(17)23/h6-13,15,23,35H,4-5,14H2,1-3H3/t15-/m1/s1. The number of carbonyl (C=O) groups is 1. The minimum absolute atomic E-state index is 0.448. The summed E-state index contributed by atoms with van der Waals surface area (Å²) in [6, 6.07) is 9.28. The third-order valence-corrected chi connectivity index (χ3v) is 7.28. The maximum atomic E-state index is 13.9. The first-order valence-corrected chi connectivity index (χ1v) is 12.0. The Morgan fingerprint density at radius 2 is 1.50 bits per heavy atom. The van der Waals surface area contributed by atoms with Gasteiger partial charge in [0.15, 0.2) is 11.4 Å². The molecule has 1 aliphatic heterocycles. The summed E-state index contributed by atoms with van der Waals surface area (Å²) in [5, 5.41) is 12.2. The fraction of sp³-hybridized carbons (Fsp3) is 0.333. The molecule has 11 heteroatoms. The Morgan fingerprint density at radius 3 is 2.00 bits per heavy atom. The van der Waals surface area contributed by atoms with Gasteiger partial charge >= 0.3 is 6.18 Å². The van der Waals surface area contributed by atoms with Crippen molar-refractivity contribution in [2.24, 2.45) is 0 Å². The summed E-state index contributed by atoms with van der Waals surface area (Å²) in [4.78, 5) is 26.2. The molecule has 0 saturated heterocycles. The Bertz CT molecular complexity index is 1410. The summed E-state index contributed by atoms with van der Waals surface area (Å²) in [6.07, 6.45) is -2.17. The second kappa shape index (κ2) is 9.30. The van der Waals surface area contributed by atoms with Crippen LogP contribution in [-0.4, -0.2) is 53.7 Å². The Balaban J connectivity index is 1.78. The summed E-state index contributed by atoms with van der Waals surface area (Å²) in [6.45, 7) is 0.435. The molecule has 1 amide bonds. The fourth-order valence-corrected chi connectivity index (χ4v) is 5.18. The number of carbonyl (C=O) groups excluding carboxylic acids is 1. The number of aryl methyl sites for hydroxylation is 2. The summed E-state index contributed by atoms with van der Waals surface area (Å²) >= 11 is 0. The van der Waals surface area contributed by atoms with E-state index in [4.69, 9.17) is 9.47 Å². The van der Waals surface area contributed by atoms with E-state index in [0.29, 0.717) is 29.2 Å². The maximum Gasteiger partial charge on any atom is 0.408 e. The first-order valence-electron chi connectivity index (χ1n) is 12.0. The number of nitrogens with zero attached hydrogens (tertiary/aromatic N) is 3. The van der Waals surface area contributed by atoms with Gasteiger partial charge in [0.1, 0.15) is 24.2 Å². The molecule has 3 aromatic rings. The van der Waals surface area contributed by atoms with Crippen molar-refractivity contribution in [1.29, 1.82) is 0 Å². The van der Waals surface area contributed by atoms with Crippen molar-refractivity contribution in [3.8, 4) is 17.2 Å². The number of pyridine rings is 1. The molecule has 2 aliphatic rings. The normalized spacial score (nSPS) is 16.3. The highest BCUT2D eigenvalue weighted by Gasteiger charge is 2.47. The van der Waals surface area contributed by atoms with Crippen LogP contribution in [0.15, 0.2) is 53.5 Å². The number of ether oxygens (including phenoxy) is 2. The molecule has 1 aromatic heterocycles. The molecular formula is C27H26F3N3O5. The average Bonchev–Trinajstić information content (AvgIpc) is 3.05. The zero-order valence-corrected chi connectivity index (χ0v) is 21.0. The van der Waals surface area contributed by atoms with Gasteiger partial charge in [-0.25, -0.2) is 0 Å². The van der Waals surface area contributed by atoms with Gasteiger partial charge in [0, 0.05) is 12.3 Å². The van der Waals surface area contributed by atoms with Crippen molar-refractivity contribution in [3.63, 3.8) is 0 Å². The summed E-state index contributed by atoms with van der Waals surface area (Å²) in [7, 11) is 3.11.